The maximum absolute atomic E-state index is 6.75. The fraction of sp³-hybridized carbons (Fsp3) is 0.600. The summed E-state index contributed by atoms with van der Waals surface area (Å²) in [5.41, 5.74) is 1.87. The summed E-state index contributed by atoms with van der Waals surface area (Å²) < 4.78 is 18.4. The van der Waals surface area contributed by atoms with Crippen molar-refractivity contribution in [3.8, 4) is 0 Å². The standard InChI is InChI=1S/C20H23BCl2O3/c1-19(2)12-8-15(19)20(3)16(9-12)25-21(26-20)17(23)7-11-10-24-18-13(11)5-4-6-14(18)22/h4-6,10,12,15-17H,7-9H2,1-3H3/t12-,15-,16+,17+,20-/m0/s1. The van der Waals surface area contributed by atoms with E-state index in [2.05, 4.69) is 20.8 Å². The van der Waals surface area contributed by atoms with Gasteiger partial charge in [0.15, 0.2) is 5.58 Å². The molecule has 138 valence electrons. The Hall–Kier alpha value is -0.675. The van der Waals surface area contributed by atoms with E-state index in [-0.39, 0.29) is 24.1 Å². The van der Waals surface area contributed by atoms with Crippen LogP contribution in [0.3, 0.4) is 0 Å². The van der Waals surface area contributed by atoms with E-state index in [1.165, 1.54) is 6.42 Å². The minimum atomic E-state index is -0.383. The van der Waals surface area contributed by atoms with E-state index in [4.69, 9.17) is 36.9 Å². The van der Waals surface area contributed by atoms with Crippen molar-refractivity contribution in [1.29, 1.82) is 0 Å². The number of halogens is 2. The molecule has 1 saturated heterocycles. The summed E-state index contributed by atoms with van der Waals surface area (Å²) in [5.74, 6) is 1.28. The molecule has 26 heavy (non-hydrogen) atoms. The highest BCUT2D eigenvalue weighted by molar-refractivity contribution is 6.60. The fourth-order valence-corrected chi connectivity index (χ4v) is 6.09. The van der Waals surface area contributed by atoms with E-state index in [1.807, 2.05) is 18.2 Å². The number of hydrogen-bond acceptors (Lipinski definition) is 3. The minimum absolute atomic E-state index is 0.154. The third-order valence-corrected chi connectivity index (χ3v) is 7.97. The summed E-state index contributed by atoms with van der Waals surface area (Å²) in [6.45, 7) is 6.95. The monoisotopic (exact) mass is 392 g/mol. The molecule has 2 bridgehead atoms. The first-order valence-corrected chi connectivity index (χ1v) is 10.2. The SMILES string of the molecule is CC1(C)[C@@H]2C[C@H]3OB([C@H](Cl)Cc4coc5c(Cl)cccc45)O[C@@]3(C)[C@H]1C2. The van der Waals surface area contributed by atoms with Crippen molar-refractivity contribution in [3.05, 3.63) is 35.0 Å². The summed E-state index contributed by atoms with van der Waals surface area (Å²) >= 11 is 13.0. The van der Waals surface area contributed by atoms with Gasteiger partial charge in [-0.1, -0.05) is 37.6 Å². The van der Waals surface area contributed by atoms with Gasteiger partial charge in [-0.15, -0.1) is 11.6 Å². The lowest BCUT2D eigenvalue weighted by Gasteiger charge is -2.64. The van der Waals surface area contributed by atoms with Crippen molar-refractivity contribution >= 4 is 41.3 Å². The number of furan rings is 1. The van der Waals surface area contributed by atoms with Gasteiger partial charge in [-0.05, 0) is 55.1 Å². The number of benzene rings is 1. The molecule has 6 rings (SSSR count). The number of fused-ring (bicyclic) bond motifs is 1. The van der Waals surface area contributed by atoms with Gasteiger partial charge in [0.1, 0.15) is 0 Å². The van der Waals surface area contributed by atoms with Gasteiger partial charge in [0.25, 0.3) is 0 Å². The third kappa shape index (κ3) is 2.29. The molecule has 1 aromatic heterocycles. The molecule has 0 radical (unpaired) electrons. The maximum atomic E-state index is 6.75. The van der Waals surface area contributed by atoms with Crippen molar-refractivity contribution in [2.75, 3.05) is 0 Å². The zero-order valence-corrected chi connectivity index (χ0v) is 16.8. The molecule has 0 N–H and O–H groups in total. The van der Waals surface area contributed by atoms with Crippen LogP contribution in [0.2, 0.25) is 5.02 Å². The van der Waals surface area contributed by atoms with Crippen LogP contribution in [0.25, 0.3) is 11.0 Å². The average molecular weight is 393 g/mol. The van der Waals surface area contributed by atoms with Gasteiger partial charge in [-0.2, -0.15) is 0 Å². The van der Waals surface area contributed by atoms with Crippen molar-refractivity contribution in [3.63, 3.8) is 0 Å². The molecule has 3 nitrogen and oxygen atoms in total. The summed E-state index contributed by atoms with van der Waals surface area (Å²) in [6, 6.07) is 5.77. The Bertz CT molecular complexity index is 866. The Balaban J connectivity index is 1.36. The van der Waals surface area contributed by atoms with Crippen molar-refractivity contribution in [2.45, 2.75) is 57.0 Å². The Morgan fingerprint density at radius 1 is 1.27 bits per heavy atom. The van der Waals surface area contributed by atoms with E-state index >= 15 is 0 Å². The van der Waals surface area contributed by atoms with Crippen molar-refractivity contribution in [1.82, 2.24) is 0 Å². The normalized spacial score (nSPS) is 36.0. The van der Waals surface area contributed by atoms with Gasteiger partial charge in [-0.25, -0.2) is 0 Å². The van der Waals surface area contributed by atoms with Crippen LogP contribution in [0.4, 0.5) is 0 Å². The Morgan fingerprint density at radius 2 is 2.08 bits per heavy atom. The number of para-hydroxylation sites is 1. The van der Waals surface area contributed by atoms with Gasteiger partial charge in [0.2, 0.25) is 0 Å². The lowest BCUT2D eigenvalue weighted by molar-refractivity contribution is -0.199. The zero-order chi connectivity index (χ0) is 18.3. The van der Waals surface area contributed by atoms with E-state index in [9.17, 15) is 0 Å². The predicted octanol–water partition coefficient (Wildman–Crippen LogP) is 5.50. The van der Waals surface area contributed by atoms with Crippen LogP contribution < -0.4 is 0 Å². The molecule has 3 aliphatic carbocycles. The summed E-state index contributed by atoms with van der Waals surface area (Å²) in [4.78, 5) is 0. The zero-order valence-electron chi connectivity index (χ0n) is 15.3. The second-order valence-corrected chi connectivity index (χ2v) is 9.90. The average Bonchev–Trinajstić information content (AvgIpc) is 3.16. The van der Waals surface area contributed by atoms with Gasteiger partial charge in [0, 0.05) is 5.39 Å². The first kappa shape index (κ1) is 17.4. The molecule has 0 spiro atoms. The summed E-state index contributed by atoms with van der Waals surface area (Å²) in [5, 5.41) is 1.36. The lowest BCUT2D eigenvalue weighted by Crippen LogP contribution is -2.65. The van der Waals surface area contributed by atoms with Crippen LogP contribution >= 0.6 is 23.2 Å². The van der Waals surface area contributed by atoms with Crippen LogP contribution in [-0.2, 0) is 15.7 Å². The molecule has 1 aromatic carbocycles. The van der Waals surface area contributed by atoms with Crippen LogP contribution in [0.15, 0.2) is 28.9 Å². The molecule has 0 unspecified atom stereocenters. The van der Waals surface area contributed by atoms with E-state index < -0.39 is 0 Å². The quantitative estimate of drug-likeness (QED) is 0.510. The maximum Gasteiger partial charge on any atom is 0.477 e. The molecule has 2 aromatic rings. The highest BCUT2D eigenvalue weighted by Crippen LogP contribution is 2.65. The van der Waals surface area contributed by atoms with Crippen LogP contribution in [-0.4, -0.2) is 24.1 Å². The predicted molar refractivity (Wildman–Crippen MR) is 105 cm³/mol. The number of alkyl halides is 1. The van der Waals surface area contributed by atoms with Gasteiger partial charge in [-0.3, -0.25) is 0 Å². The fourth-order valence-electron chi connectivity index (χ4n) is 5.59. The summed E-state index contributed by atoms with van der Waals surface area (Å²) in [6.07, 6.45) is 4.84. The highest BCUT2D eigenvalue weighted by atomic mass is 35.5. The highest BCUT2D eigenvalue weighted by Gasteiger charge is 2.68. The molecule has 1 aliphatic heterocycles. The third-order valence-electron chi connectivity index (χ3n) is 7.31. The molecule has 2 heterocycles. The molecule has 0 amide bonds. The molecular weight excluding hydrogens is 370 g/mol. The van der Waals surface area contributed by atoms with E-state index in [0.717, 1.165) is 23.3 Å². The number of hydrogen-bond donors (Lipinski definition) is 0. The first-order valence-electron chi connectivity index (χ1n) is 9.42. The molecule has 5 atom stereocenters. The van der Waals surface area contributed by atoms with Crippen LogP contribution in [0, 0.1) is 17.3 Å². The second kappa shape index (κ2) is 5.67. The van der Waals surface area contributed by atoms with Crippen LogP contribution in [0.1, 0.15) is 39.2 Å². The molecular formula is C20H23BCl2O3. The van der Waals surface area contributed by atoms with Gasteiger partial charge in [0.05, 0.1) is 28.3 Å². The second-order valence-electron chi connectivity index (χ2n) is 8.93. The smallest absolute Gasteiger partial charge is 0.462 e. The molecule has 4 aliphatic rings. The molecule has 4 fully saturated rings. The van der Waals surface area contributed by atoms with E-state index in [0.29, 0.717) is 28.4 Å². The summed E-state index contributed by atoms with van der Waals surface area (Å²) in [7, 11) is -0.383. The van der Waals surface area contributed by atoms with Crippen LogP contribution in [0.5, 0.6) is 0 Å². The Morgan fingerprint density at radius 3 is 2.85 bits per heavy atom. The van der Waals surface area contributed by atoms with Crippen molar-refractivity contribution < 1.29 is 13.7 Å². The Kier molecular flexibility index (Phi) is 3.80. The topological polar surface area (TPSA) is 31.6 Å². The largest absolute Gasteiger partial charge is 0.477 e. The van der Waals surface area contributed by atoms with Crippen molar-refractivity contribution in [2.24, 2.45) is 17.3 Å². The first-order chi connectivity index (χ1) is 12.3. The molecule has 3 saturated carbocycles. The Labute approximate surface area is 164 Å². The minimum Gasteiger partial charge on any atom is -0.462 e. The lowest BCUT2D eigenvalue weighted by atomic mass is 9.43. The number of rotatable bonds is 3. The van der Waals surface area contributed by atoms with Gasteiger partial charge >= 0.3 is 7.12 Å². The van der Waals surface area contributed by atoms with E-state index in [1.54, 1.807) is 6.26 Å². The van der Waals surface area contributed by atoms with Gasteiger partial charge < -0.3 is 13.7 Å². The molecule has 6 heteroatoms.